The van der Waals surface area contributed by atoms with Crippen molar-refractivity contribution in [1.29, 1.82) is 0 Å². The van der Waals surface area contributed by atoms with E-state index in [0.717, 1.165) is 18.6 Å². The Morgan fingerprint density at radius 1 is 1.06 bits per heavy atom. The van der Waals surface area contributed by atoms with E-state index < -0.39 is 7.92 Å². The molecule has 4 heterocycles. The number of rotatable bonds is 2. The van der Waals surface area contributed by atoms with Crippen LogP contribution in [0.1, 0.15) is 12.8 Å². The zero-order valence-electron chi connectivity index (χ0n) is 10.1. The zero-order valence-corrected chi connectivity index (χ0v) is 11.0. The lowest BCUT2D eigenvalue weighted by Gasteiger charge is -2.53. The maximum absolute atomic E-state index is 5.96. The molecule has 18 heavy (non-hydrogen) atoms. The highest BCUT2D eigenvalue weighted by molar-refractivity contribution is 7.67. The molecule has 4 nitrogen and oxygen atoms in total. The summed E-state index contributed by atoms with van der Waals surface area (Å²) in [6, 6.07) is 8.21. The van der Waals surface area contributed by atoms with Crippen LogP contribution >= 0.6 is 7.92 Å². The molecule has 4 saturated heterocycles. The summed E-state index contributed by atoms with van der Waals surface area (Å²) in [5.74, 6) is 1.46. The number of hydrogen-bond donors (Lipinski definition) is 0. The fraction of sp³-hybridized carbons (Fsp3) is 0.538. The van der Waals surface area contributed by atoms with Gasteiger partial charge in [0.25, 0.3) is 0 Å². The molecule has 4 unspecified atom stereocenters. The van der Waals surface area contributed by atoms with Crippen molar-refractivity contribution in [3.8, 4) is 5.75 Å². The summed E-state index contributed by atoms with van der Waals surface area (Å²) in [5.41, 5.74) is 0. The second-order valence-corrected chi connectivity index (χ2v) is 7.18. The summed E-state index contributed by atoms with van der Waals surface area (Å²) >= 11 is 0. The summed E-state index contributed by atoms with van der Waals surface area (Å²) in [6.45, 7) is 0. The van der Waals surface area contributed by atoms with E-state index in [1.807, 2.05) is 12.1 Å². The van der Waals surface area contributed by atoms with Gasteiger partial charge in [-0.3, -0.25) is 0 Å². The van der Waals surface area contributed by atoms with Gasteiger partial charge in [0.05, 0.1) is 18.8 Å². The van der Waals surface area contributed by atoms with Crippen LogP contribution in [-0.2, 0) is 14.2 Å². The minimum Gasteiger partial charge on any atom is -0.496 e. The van der Waals surface area contributed by atoms with Gasteiger partial charge in [-0.15, -0.1) is 0 Å². The normalized spacial score (nSPS) is 41.1. The maximum Gasteiger partial charge on any atom is 0.164 e. The van der Waals surface area contributed by atoms with Crippen LogP contribution in [0, 0.1) is 0 Å². The van der Waals surface area contributed by atoms with Crippen molar-refractivity contribution in [2.75, 3.05) is 7.11 Å². The molecule has 0 aromatic heterocycles. The summed E-state index contributed by atoms with van der Waals surface area (Å²) in [6.07, 6.45) is 1.58. The van der Waals surface area contributed by atoms with E-state index >= 15 is 0 Å². The summed E-state index contributed by atoms with van der Waals surface area (Å²) in [7, 11) is 1.24. The largest absolute Gasteiger partial charge is 0.496 e. The van der Waals surface area contributed by atoms with Crippen LogP contribution in [0.15, 0.2) is 24.3 Å². The van der Waals surface area contributed by atoms with E-state index in [9.17, 15) is 0 Å². The van der Waals surface area contributed by atoms with Gasteiger partial charge in [-0.25, -0.2) is 0 Å². The Hall–Kier alpha value is -0.670. The predicted octanol–water partition coefficient (Wildman–Crippen LogP) is 1.98. The smallest absolute Gasteiger partial charge is 0.164 e. The molecular weight excluding hydrogens is 251 g/mol. The first-order valence-electron chi connectivity index (χ1n) is 6.23. The van der Waals surface area contributed by atoms with Crippen molar-refractivity contribution in [1.82, 2.24) is 0 Å². The van der Waals surface area contributed by atoms with Gasteiger partial charge in [-0.1, -0.05) is 18.2 Å². The van der Waals surface area contributed by atoms with E-state index in [2.05, 4.69) is 12.1 Å². The summed E-state index contributed by atoms with van der Waals surface area (Å²) < 4.78 is 23.0. The quantitative estimate of drug-likeness (QED) is 0.767. The van der Waals surface area contributed by atoms with Gasteiger partial charge in [-0.2, -0.15) is 0 Å². The standard InChI is InChI=1S/C13H15O4P/c1-14-8-4-2-3-5-9(8)18-12-6-10-15-11(17-12)7-13(18)16-10/h2-5,10-13H,6-7H2,1H3. The van der Waals surface area contributed by atoms with Gasteiger partial charge >= 0.3 is 0 Å². The molecule has 5 heteroatoms. The van der Waals surface area contributed by atoms with Crippen molar-refractivity contribution in [3.63, 3.8) is 0 Å². The third kappa shape index (κ3) is 1.60. The molecule has 0 N–H and O–H groups in total. The van der Waals surface area contributed by atoms with E-state index in [-0.39, 0.29) is 24.3 Å². The average Bonchev–Trinajstić information content (AvgIpc) is 2.38. The second-order valence-electron chi connectivity index (χ2n) is 4.73. The molecule has 5 rings (SSSR count). The fourth-order valence-corrected chi connectivity index (χ4v) is 5.95. The molecule has 4 atom stereocenters. The fourth-order valence-electron chi connectivity index (χ4n) is 2.94. The zero-order chi connectivity index (χ0) is 12.1. The van der Waals surface area contributed by atoms with Crippen molar-refractivity contribution < 1.29 is 18.9 Å². The molecule has 0 spiro atoms. The van der Waals surface area contributed by atoms with Gasteiger partial charge in [0.1, 0.15) is 5.75 Å². The lowest BCUT2D eigenvalue weighted by Crippen LogP contribution is -2.54. The van der Waals surface area contributed by atoms with Crippen molar-refractivity contribution >= 4 is 13.2 Å². The third-order valence-corrected chi connectivity index (χ3v) is 6.53. The van der Waals surface area contributed by atoms with Crippen LogP contribution < -0.4 is 10.0 Å². The van der Waals surface area contributed by atoms with Crippen LogP contribution in [0.2, 0.25) is 0 Å². The highest BCUT2D eigenvalue weighted by Crippen LogP contribution is 2.60. The van der Waals surface area contributed by atoms with E-state index in [4.69, 9.17) is 18.9 Å². The van der Waals surface area contributed by atoms with Crippen LogP contribution in [0.5, 0.6) is 5.75 Å². The highest BCUT2D eigenvalue weighted by atomic mass is 31.1. The number of ether oxygens (including phenoxy) is 4. The minimum absolute atomic E-state index is 0.0547. The Morgan fingerprint density at radius 3 is 2.39 bits per heavy atom. The van der Waals surface area contributed by atoms with Gasteiger partial charge < -0.3 is 18.9 Å². The van der Waals surface area contributed by atoms with Gasteiger partial charge in [-0.05, 0) is 14.0 Å². The van der Waals surface area contributed by atoms with Crippen molar-refractivity contribution in [2.24, 2.45) is 0 Å². The first-order chi connectivity index (χ1) is 8.85. The Morgan fingerprint density at radius 2 is 1.72 bits per heavy atom. The summed E-state index contributed by atoms with van der Waals surface area (Å²) in [4.78, 5) is 0. The van der Waals surface area contributed by atoms with E-state index in [1.54, 1.807) is 7.11 Å². The number of para-hydroxylation sites is 1. The topological polar surface area (TPSA) is 36.9 Å². The molecular formula is C13H15O4P. The molecule has 1 aromatic carbocycles. The average molecular weight is 266 g/mol. The Balaban J connectivity index is 1.72. The molecule has 4 aliphatic rings. The van der Waals surface area contributed by atoms with Crippen LogP contribution in [0.25, 0.3) is 0 Å². The van der Waals surface area contributed by atoms with Crippen molar-refractivity contribution in [2.45, 2.75) is 37.1 Å². The van der Waals surface area contributed by atoms with Gasteiger partial charge in [0.15, 0.2) is 12.6 Å². The minimum atomic E-state index is -0.477. The van der Waals surface area contributed by atoms with Crippen LogP contribution in [-0.4, -0.2) is 31.4 Å². The molecule has 0 amide bonds. The third-order valence-electron chi connectivity index (χ3n) is 3.69. The van der Waals surface area contributed by atoms with Gasteiger partial charge in [0.2, 0.25) is 0 Å². The lowest BCUT2D eigenvalue weighted by atomic mass is 10.3. The monoisotopic (exact) mass is 266 g/mol. The molecule has 0 saturated carbocycles. The molecule has 4 aliphatic heterocycles. The van der Waals surface area contributed by atoms with Crippen LogP contribution in [0.4, 0.5) is 0 Å². The maximum atomic E-state index is 5.96. The first kappa shape index (κ1) is 11.2. The number of hydrogen-bond acceptors (Lipinski definition) is 4. The van der Waals surface area contributed by atoms with Crippen LogP contribution in [0.3, 0.4) is 0 Å². The predicted molar refractivity (Wildman–Crippen MR) is 67.2 cm³/mol. The van der Waals surface area contributed by atoms with E-state index in [1.165, 1.54) is 5.30 Å². The second kappa shape index (κ2) is 4.17. The number of methoxy groups -OCH3 is 1. The lowest BCUT2D eigenvalue weighted by molar-refractivity contribution is -0.345. The Kier molecular flexibility index (Phi) is 2.59. The Bertz CT molecular complexity index is 436. The molecule has 4 bridgehead atoms. The SMILES string of the molecule is COc1ccccc1P1C2CC3OC(CC1O3)O2. The van der Waals surface area contributed by atoms with E-state index in [0.29, 0.717) is 0 Å². The van der Waals surface area contributed by atoms with Gasteiger partial charge in [0, 0.05) is 18.1 Å². The molecule has 1 aromatic rings. The summed E-state index contributed by atoms with van der Waals surface area (Å²) in [5, 5.41) is 1.25. The Labute approximate surface area is 107 Å². The highest BCUT2D eigenvalue weighted by Gasteiger charge is 2.52. The molecule has 0 aliphatic carbocycles. The van der Waals surface area contributed by atoms with Crippen molar-refractivity contribution in [3.05, 3.63) is 24.3 Å². The molecule has 96 valence electrons. The molecule has 0 radical (unpaired) electrons. The number of benzene rings is 1. The molecule has 4 fully saturated rings. The first-order valence-corrected chi connectivity index (χ1v) is 7.71.